The molecule has 1 heterocycles. The summed E-state index contributed by atoms with van der Waals surface area (Å²) in [5.74, 6) is -1.62. The van der Waals surface area contributed by atoms with Gasteiger partial charge in [0.25, 0.3) is 5.91 Å². The van der Waals surface area contributed by atoms with Crippen molar-refractivity contribution >= 4 is 52.0 Å². The number of aromatic nitrogens is 1. The summed E-state index contributed by atoms with van der Waals surface area (Å²) >= 11 is 7.17. The average Bonchev–Trinajstić information content (AvgIpc) is 3.07. The first-order chi connectivity index (χ1) is 12.9. The lowest BCUT2D eigenvalue weighted by molar-refractivity contribution is -0.142. The number of amides is 1. The highest BCUT2D eigenvalue weighted by Gasteiger charge is 2.11. The number of ether oxygens (including phenoxy) is 2. The maximum absolute atomic E-state index is 11.8. The van der Waals surface area contributed by atoms with Crippen LogP contribution < -0.4 is 5.32 Å². The highest BCUT2D eigenvalue weighted by molar-refractivity contribution is 7.13. The fraction of sp³-hybridized carbons (Fsp3) is 0.222. The molecule has 9 heteroatoms. The van der Waals surface area contributed by atoms with E-state index in [2.05, 4.69) is 15.0 Å². The van der Waals surface area contributed by atoms with Gasteiger partial charge >= 0.3 is 11.9 Å². The van der Waals surface area contributed by atoms with Gasteiger partial charge in [0.15, 0.2) is 11.7 Å². The van der Waals surface area contributed by atoms with Crippen LogP contribution in [-0.2, 0) is 30.3 Å². The number of aryl methyl sites for hydroxylation is 1. The molecule has 0 aliphatic rings. The topological polar surface area (TPSA) is 94.6 Å². The van der Waals surface area contributed by atoms with E-state index in [1.807, 2.05) is 19.1 Å². The largest absolute Gasteiger partial charge is 0.469 e. The van der Waals surface area contributed by atoms with Crippen LogP contribution in [0, 0.1) is 6.92 Å². The van der Waals surface area contributed by atoms with Crippen molar-refractivity contribution in [3.63, 3.8) is 0 Å². The summed E-state index contributed by atoms with van der Waals surface area (Å²) in [4.78, 5) is 38.8. The van der Waals surface area contributed by atoms with Crippen molar-refractivity contribution in [3.8, 4) is 0 Å². The Hall–Kier alpha value is -2.71. The van der Waals surface area contributed by atoms with E-state index in [0.29, 0.717) is 15.8 Å². The van der Waals surface area contributed by atoms with Gasteiger partial charge in [-0.15, -0.1) is 11.3 Å². The fourth-order valence-corrected chi connectivity index (χ4v) is 2.80. The zero-order valence-corrected chi connectivity index (χ0v) is 16.2. The van der Waals surface area contributed by atoms with Gasteiger partial charge in [-0.3, -0.25) is 14.9 Å². The van der Waals surface area contributed by atoms with Gasteiger partial charge < -0.3 is 9.47 Å². The third-order valence-corrected chi connectivity index (χ3v) is 4.52. The molecule has 0 aliphatic heterocycles. The number of nitrogens with zero attached hydrogens (tertiary/aromatic N) is 1. The number of halogens is 1. The Labute approximate surface area is 165 Å². The minimum Gasteiger partial charge on any atom is -0.469 e. The Morgan fingerprint density at radius 2 is 2.11 bits per heavy atom. The van der Waals surface area contributed by atoms with E-state index in [4.69, 9.17) is 16.3 Å². The van der Waals surface area contributed by atoms with Crippen LogP contribution in [0.5, 0.6) is 0 Å². The molecule has 0 fully saturated rings. The Bertz CT molecular complexity index is 878. The quantitative estimate of drug-likeness (QED) is 0.559. The molecule has 1 N–H and O–H groups in total. The third kappa shape index (κ3) is 6.84. The molecule has 0 bridgehead atoms. The Morgan fingerprint density at radius 3 is 2.81 bits per heavy atom. The molecule has 1 amide bonds. The molecule has 1 aromatic carbocycles. The molecule has 1 aromatic heterocycles. The van der Waals surface area contributed by atoms with Crippen LogP contribution in [0.25, 0.3) is 6.08 Å². The molecule has 0 saturated heterocycles. The standard InChI is InChI=1S/C18H17ClN2O5S/c1-11-3-4-12(7-14(11)19)5-6-16(23)26-9-15(22)21-18-20-13(10-27-18)8-17(24)25-2/h3-7,10H,8-9H2,1-2H3,(H,20,21,22)/b6-5+. The first-order valence-corrected chi connectivity index (χ1v) is 9.05. The van der Waals surface area contributed by atoms with Gasteiger partial charge in [-0.05, 0) is 30.2 Å². The summed E-state index contributed by atoms with van der Waals surface area (Å²) in [6.07, 6.45) is 2.78. The maximum Gasteiger partial charge on any atom is 0.331 e. The van der Waals surface area contributed by atoms with Crippen molar-refractivity contribution in [2.45, 2.75) is 13.3 Å². The summed E-state index contributed by atoms with van der Waals surface area (Å²) in [5, 5.41) is 5.03. The maximum atomic E-state index is 11.8. The molecule has 142 valence electrons. The molecule has 0 spiro atoms. The SMILES string of the molecule is COC(=O)Cc1csc(NC(=O)COC(=O)/C=C/c2ccc(C)c(Cl)c2)n1. The van der Waals surface area contributed by atoms with Gasteiger partial charge in [-0.1, -0.05) is 23.7 Å². The summed E-state index contributed by atoms with van der Waals surface area (Å²) in [7, 11) is 1.29. The Balaban J connectivity index is 1.79. The molecule has 27 heavy (non-hydrogen) atoms. The Morgan fingerprint density at radius 1 is 1.33 bits per heavy atom. The second kappa shape index (κ2) is 9.84. The molecule has 2 aromatic rings. The van der Waals surface area contributed by atoms with Crippen LogP contribution in [0.4, 0.5) is 5.13 Å². The van der Waals surface area contributed by atoms with Crippen LogP contribution in [0.2, 0.25) is 5.02 Å². The number of esters is 2. The molecule has 2 rings (SSSR count). The van der Waals surface area contributed by atoms with E-state index < -0.39 is 24.5 Å². The average molecular weight is 409 g/mol. The van der Waals surface area contributed by atoms with Gasteiger partial charge in [0.1, 0.15) is 0 Å². The number of rotatable bonds is 7. The fourth-order valence-electron chi connectivity index (χ4n) is 1.88. The predicted molar refractivity (Wildman–Crippen MR) is 103 cm³/mol. The minimum atomic E-state index is -0.660. The summed E-state index contributed by atoms with van der Waals surface area (Å²) in [6.45, 7) is 1.42. The lowest BCUT2D eigenvalue weighted by atomic mass is 10.1. The second-order valence-corrected chi connectivity index (χ2v) is 6.66. The number of methoxy groups -OCH3 is 1. The normalized spacial score (nSPS) is 10.6. The molecule has 0 saturated carbocycles. The smallest absolute Gasteiger partial charge is 0.331 e. The van der Waals surface area contributed by atoms with Gasteiger partial charge in [0.2, 0.25) is 0 Å². The number of thiazole rings is 1. The summed E-state index contributed by atoms with van der Waals surface area (Å²) in [6, 6.07) is 5.37. The number of nitrogens with one attached hydrogen (secondary N) is 1. The van der Waals surface area contributed by atoms with E-state index >= 15 is 0 Å². The predicted octanol–water partition coefficient (Wildman–Crippen LogP) is 3.02. The van der Waals surface area contributed by atoms with Gasteiger partial charge in [0, 0.05) is 16.5 Å². The second-order valence-electron chi connectivity index (χ2n) is 5.39. The number of hydrogen-bond donors (Lipinski definition) is 1. The molecule has 0 atom stereocenters. The molecule has 7 nitrogen and oxygen atoms in total. The lowest BCUT2D eigenvalue weighted by Crippen LogP contribution is -2.20. The van der Waals surface area contributed by atoms with Crippen molar-refractivity contribution in [2.75, 3.05) is 19.0 Å². The number of carbonyl (C=O) groups excluding carboxylic acids is 3. The molecule has 0 aliphatic carbocycles. The molecule has 0 radical (unpaired) electrons. The number of anilines is 1. The number of hydrogen-bond acceptors (Lipinski definition) is 7. The van der Waals surface area contributed by atoms with Gasteiger partial charge in [0.05, 0.1) is 19.2 Å². The highest BCUT2D eigenvalue weighted by Crippen LogP contribution is 2.18. The molecular weight excluding hydrogens is 392 g/mol. The van der Waals surface area contributed by atoms with E-state index in [9.17, 15) is 14.4 Å². The number of carbonyl (C=O) groups is 3. The number of benzene rings is 1. The van der Waals surface area contributed by atoms with Crippen LogP contribution >= 0.6 is 22.9 Å². The van der Waals surface area contributed by atoms with Crippen molar-refractivity contribution in [2.24, 2.45) is 0 Å². The summed E-state index contributed by atoms with van der Waals surface area (Å²) < 4.78 is 9.42. The van der Waals surface area contributed by atoms with Crippen LogP contribution in [-0.4, -0.2) is 36.5 Å². The van der Waals surface area contributed by atoms with Crippen molar-refractivity contribution in [3.05, 3.63) is 51.5 Å². The highest BCUT2D eigenvalue weighted by atomic mass is 35.5. The zero-order chi connectivity index (χ0) is 19.8. The van der Waals surface area contributed by atoms with E-state index in [1.165, 1.54) is 13.2 Å². The van der Waals surface area contributed by atoms with E-state index in [0.717, 1.165) is 22.5 Å². The van der Waals surface area contributed by atoms with Crippen LogP contribution in [0.15, 0.2) is 29.7 Å². The first-order valence-electron chi connectivity index (χ1n) is 7.79. The summed E-state index contributed by atoms with van der Waals surface area (Å²) in [5.41, 5.74) is 2.16. The Kier molecular flexibility index (Phi) is 7.51. The van der Waals surface area contributed by atoms with Crippen molar-refractivity contribution in [1.29, 1.82) is 0 Å². The van der Waals surface area contributed by atoms with Crippen molar-refractivity contribution < 1.29 is 23.9 Å². The lowest BCUT2D eigenvalue weighted by Gasteiger charge is -2.02. The minimum absolute atomic E-state index is 0.0195. The third-order valence-electron chi connectivity index (χ3n) is 3.30. The zero-order valence-electron chi connectivity index (χ0n) is 14.7. The molecular formula is C18H17ClN2O5S. The van der Waals surface area contributed by atoms with Crippen LogP contribution in [0.1, 0.15) is 16.8 Å². The monoisotopic (exact) mass is 408 g/mol. The van der Waals surface area contributed by atoms with Crippen molar-refractivity contribution in [1.82, 2.24) is 4.98 Å². The van der Waals surface area contributed by atoms with Gasteiger partial charge in [-0.2, -0.15) is 0 Å². The first kappa shape index (κ1) is 20.6. The van der Waals surface area contributed by atoms with E-state index in [-0.39, 0.29) is 6.42 Å². The van der Waals surface area contributed by atoms with E-state index in [1.54, 1.807) is 17.5 Å². The molecule has 0 unspecified atom stereocenters. The van der Waals surface area contributed by atoms with Gasteiger partial charge in [-0.25, -0.2) is 9.78 Å². The van der Waals surface area contributed by atoms with Crippen LogP contribution in [0.3, 0.4) is 0 Å².